The number of hydrogen-bond acceptors (Lipinski definition) is 6. The molecule has 1 amide bonds. The van der Waals surface area contributed by atoms with Crippen LogP contribution in [0, 0.1) is 0 Å². The summed E-state index contributed by atoms with van der Waals surface area (Å²) in [6.45, 7) is 3.61. The number of nitrogens with zero attached hydrogens (tertiary/aromatic N) is 4. The maximum Gasteiger partial charge on any atom is 0.274 e. The molecule has 2 heterocycles. The average Bonchev–Trinajstić information content (AvgIpc) is 2.76. The van der Waals surface area contributed by atoms with Crippen molar-refractivity contribution >= 4 is 17.5 Å². The molecule has 1 aromatic heterocycles. The fraction of sp³-hybridized carbons (Fsp3) is 0.227. The van der Waals surface area contributed by atoms with Gasteiger partial charge in [-0.15, -0.1) is 0 Å². The van der Waals surface area contributed by atoms with E-state index in [0.717, 1.165) is 31.9 Å². The number of anilines is 2. The third kappa shape index (κ3) is 4.89. The van der Waals surface area contributed by atoms with Gasteiger partial charge in [0, 0.05) is 38.1 Å². The molecule has 0 atom stereocenters. The van der Waals surface area contributed by atoms with E-state index in [1.807, 2.05) is 42.5 Å². The van der Waals surface area contributed by atoms with E-state index in [1.54, 1.807) is 24.4 Å². The standard InChI is InChI=1S/C22H23N5O2/c1-26-13-15-27(16-14-26)22-23-12-11-20(25-22)21(28)24-17-7-9-19(10-8-17)29-18-5-3-2-4-6-18/h2-12H,13-16H2,1H3,(H,24,28). The molecule has 0 bridgehead atoms. The summed E-state index contributed by atoms with van der Waals surface area (Å²) in [6.07, 6.45) is 1.63. The molecule has 1 aliphatic rings. The second-order valence-electron chi connectivity index (χ2n) is 6.93. The normalized spacial score (nSPS) is 14.4. The Morgan fingerprint density at radius 3 is 2.34 bits per heavy atom. The van der Waals surface area contributed by atoms with Gasteiger partial charge in [-0.25, -0.2) is 9.97 Å². The largest absolute Gasteiger partial charge is 0.457 e. The lowest BCUT2D eigenvalue weighted by Gasteiger charge is -2.32. The number of carbonyl (C=O) groups excluding carboxylic acids is 1. The SMILES string of the molecule is CN1CCN(c2nccc(C(=O)Nc3ccc(Oc4ccccc4)cc3)n2)CC1. The molecular formula is C22H23N5O2. The van der Waals surface area contributed by atoms with Crippen molar-refractivity contribution in [1.82, 2.24) is 14.9 Å². The molecule has 0 radical (unpaired) electrons. The zero-order valence-corrected chi connectivity index (χ0v) is 16.3. The molecule has 148 valence electrons. The van der Waals surface area contributed by atoms with Crippen molar-refractivity contribution < 1.29 is 9.53 Å². The summed E-state index contributed by atoms with van der Waals surface area (Å²) in [5.41, 5.74) is 1.02. The minimum atomic E-state index is -0.264. The van der Waals surface area contributed by atoms with Gasteiger partial charge in [0.1, 0.15) is 17.2 Å². The fourth-order valence-corrected chi connectivity index (χ4v) is 3.06. The number of rotatable bonds is 5. The number of piperazine rings is 1. The lowest BCUT2D eigenvalue weighted by atomic mass is 10.2. The summed E-state index contributed by atoms with van der Waals surface area (Å²) in [5, 5.41) is 2.87. The van der Waals surface area contributed by atoms with Crippen LogP contribution in [0.25, 0.3) is 0 Å². The molecule has 1 saturated heterocycles. The summed E-state index contributed by atoms with van der Waals surface area (Å²) in [6, 6.07) is 18.4. The number of likely N-dealkylation sites (N-methyl/N-ethyl adjacent to an activating group) is 1. The Morgan fingerprint density at radius 2 is 1.62 bits per heavy atom. The fourth-order valence-electron chi connectivity index (χ4n) is 3.06. The van der Waals surface area contributed by atoms with Crippen LogP contribution in [0.2, 0.25) is 0 Å². The summed E-state index contributed by atoms with van der Waals surface area (Å²) in [5.74, 6) is 1.80. The Balaban J connectivity index is 1.39. The van der Waals surface area contributed by atoms with Gasteiger partial charge in [0.2, 0.25) is 5.95 Å². The molecule has 0 spiro atoms. The number of para-hydroxylation sites is 1. The highest BCUT2D eigenvalue weighted by Crippen LogP contribution is 2.23. The summed E-state index contributed by atoms with van der Waals surface area (Å²) >= 11 is 0. The maximum absolute atomic E-state index is 12.6. The van der Waals surface area contributed by atoms with Gasteiger partial charge < -0.3 is 19.9 Å². The highest BCUT2D eigenvalue weighted by molar-refractivity contribution is 6.03. The molecule has 3 aromatic rings. The Morgan fingerprint density at radius 1 is 0.931 bits per heavy atom. The van der Waals surface area contributed by atoms with E-state index in [0.29, 0.717) is 23.1 Å². The number of ether oxygens (including phenoxy) is 1. The van der Waals surface area contributed by atoms with Gasteiger partial charge in [0.05, 0.1) is 0 Å². The number of amides is 1. The topological polar surface area (TPSA) is 70.6 Å². The van der Waals surface area contributed by atoms with Crippen LogP contribution in [0.3, 0.4) is 0 Å². The monoisotopic (exact) mass is 389 g/mol. The molecule has 4 rings (SSSR count). The third-order valence-corrected chi connectivity index (χ3v) is 4.75. The number of benzene rings is 2. The van der Waals surface area contributed by atoms with Crippen LogP contribution < -0.4 is 15.0 Å². The second kappa shape index (κ2) is 8.70. The first-order valence-electron chi connectivity index (χ1n) is 9.58. The zero-order valence-electron chi connectivity index (χ0n) is 16.3. The minimum Gasteiger partial charge on any atom is -0.457 e. The molecule has 1 fully saturated rings. The number of hydrogen-bond donors (Lipinski definition) is 1. The van der Waals surface area contributed by atoms with Crippen molar-refractivity contribution in [3.63, 3.8) is 0 Å². The molecule has 0 unspecified atom stereocenters. The van der Waals surface area contributed by atoms with Crippen molar-refractivity contribution in [2.75, 3.05) is 43.4 Å². The van der Waals surface area contributed by atoms with E-state index in [9.17, 15) is 4.79 Å². The molecule has 1 aliphatic heterocycles. The van der Waals surface area contributed by atoms with Crippen molar-refractivity contribution in [2.45, 2.75) is 0 Å². The lowest BCUT2D eigenvalue weighted by Crippen LogP contribution is -2.45. The lowest BCUT2D eigenvalue weighted by molar-refractivity contribution is 0.102. The van der Waals surface area contributed by atoms with Gasteiger partial charge in [0.25, 0.3) is 5.91 Å². The summed E-state index contributed by atoms with van der Waals surface area (Å²) in [4.78, 5) is 25.8. The van der Waals surface area contributed by atoms with Crippen molar-refractivity contribution in [2.24, 2.45) is 0 Å². The van der Waals surface area contributed by atoms with Gasteiger partial charge in [0.15, 0.2) is 0 Å². The smallest absolute Gasteiger partial charge is 0.274 e. The van der Waals surface area contributed by atoms with Crippen LogP contribution in [0.4, 0.5) is 11.6 Å². The third-order valence-electron chi connectivity index (χ3n) is 4.75. The summed E-state index contributed by atoms with van der Waals surface area (Å²) in [7, 11) is 2.10. The van der Waals surface area contributed by atoms with Crippen molar-refractivity contribution in [3.05, 3.63) is 72.6 Å². The van der Waals surface area contributed by atoms with Gasteiger partial charge in [-0.2, -0.15) is 0 Å². The molecular weight excluding hydrogens is 366 g/mol. The predicted molar refractivity (Wildman–Crippen MR) is 113 cm³/mol. The van der Waals surface area contributed by atoms with Crippen LogP contribution in [0.5, 0.6) is 11.5 Å². The molecule has 7 heteroatoms. The van der Waals surface area contributed by atoms with E-state index < -0.39 is 0 Å². The van der Waals surface area contributed by atoms with Gasteiger partial charge in [-0.1, -0.05) is 18.2 Å². The van der Waals surface area contributed by atoms with E-state index in [4.69, 9.17) is 4.74 Å². The Labute approximate surface area is 170 Å². The molecule has 1 N–H and O–H groups in total. The Hall–Kier alpha value is -3.45. The van der Waals surface area contributed by atoms with E-state index in [2.05, 4.69) is 32.1 Å². The Kier molecular flexibility index (Phi) is 5.67. The first-order valence-corrected chi connectivity index (χ1v) is 9.58. The van der Waals surface area contributed by atoms with Gasteiger partial charge in [-0.05, 0) is 49.5 Å². The average molecular weight is 389 g/mol. The van der Waals surface area contributed by atoms with Crippen LogP contribution in [0.1, 0.15) is 10.5 Å². The highest BCUT2D eigenvalue weighted by atomic mass is 16.5. The minimum absolute atomic E-state index is 0.264. The second-order valence-corrected chi connectivity index (χ2v) is 6.93. The number of nitrogens with one attached hydrogen (secondary N) is 1. The first-order chi connectivity index (χ1) is 14.2. The molecule has 0 saturated carbocycles. The quantitative estimate of drug-likeness (QED) is 0.722. The van der Waals surface area contributed by atoms with Crippen LogP contribution >= 0.6 is 0 Å². The van der Waals surface area contributed by atoms with E-state index in [-0.39, 0.29) is 5.91 Å². The molecule has 29 heavy (non-hydrogen) atoms. The number of carbonyl (C=O) groups is 1. The summed E-state index contributed by atoms with van der Waals surface area (Å²) < 4.78 is 5.77. The Bertz CT molecular complexity index is 954. The highest BCUT2D eigenvalue weighted by Gasteiger charge is 2.18. The molecule has 7 nitrogen and oxygen atoms in total. The van der Waals surface area contributed by atoms with Crippen molar-refractivity contribution in [3.8, 4) is 11.5 Å². The van der Waals surface area contributed by atoms with Crippen LogP contribution in [0.15, 0.2) is 66.9 Å². The van der Waals surface area contributed by atoms with E-state index in [1.165, 1.54) is 0 Å². The predicted octanol–water partition coefficient (Wildman–Crippen LogP) is 3.27. The van der Waals surface area contributed by atoms with E-state index >= 15 is 0 Å². The van der Waals surface area contributed by atoms with Gasteiger partial charge in [-0.3, -0.25) is 4.79 Å². The molecule has 2 aromatic carbocycles. The molecule has 0 aliphatic carbocycles. The zero-order chi connectivity index (χ0) is 20.1. The maximum atomic E-state index is 12.6. The van der Waals surface area contributed by atoms with Crippen molar-refractivity contribution in [1.29, 1.82) is 0 Å². The van der Waals surface area contributed by atoms with Crippen LogP contribution in [-0.2, 0) is 0 Å². The number of aromatic nitrogens is 2. The first kappa shape index (κ1) is 18.9. The van der Waals surface area contributed by atoms with Crippen LogP contribution in [-0.4, -0.2) is 54.0 Å². The van der Waals surface area contributed by atoms with Gasteiger partial charge >= 0.3 is 0 Å².